The Morgan fingerprint density at radius 2 is 2.04 bits per heavy atom. The summed E-state index contributed by atoms with van der Waals surface area (Å²) < 4.78 is 60.9. The molecule has 0 atom stereocenters. The Bertz CT molecular complexity index is 840. The molecule has 0 aliphatic carbocycles. The SMILES string of the molecule is O=S(=O)(c1cc(Br)c(O)c(NCc2cnc(Cl)s2)c1)C(F)(F)F. The van der Waals surface area contributed by atoms with Crippen LogP contribution in [0.5, 0.6) is 5.75 Å². The van der Waals surface area contributed by atoms with Crippen molar-refractivity contribution < 1.29 is 26.7 Å². The van der Waals surface area contributed by atoms with E-state index in [1.165, 1.54) is 6.20 Å². The molecule has 0 amide bonds. The van der Waals surface area contributed by atoms with E-state index < -0.39 is 26.0 Å². The van der Waals surface area contributed by atoms with E-state index in [2.05, 4.69) is 26.2 Å². The van der Waals surface area contributed by atoms with Gasteiger partial charge in [0.15, 0.2) is 10.2 Å². The number of thiazole rings is 1. The molecule has 2 N–H and O–H groups in total. The summed E-state index contributed by atoms with van der Waals surface area (Å²) in [5.74, 6) is -0.415. The standard InChI is InChI=1S/C11H7BrClF3N2O3S2/c12-7-1-6(23(20,21)11(14,15)16)2-8(9(7)19)17-3-5-4-18-10(13)22-5/h1-2,4,17,19H,3H2. The molecule has 1 heterocycles. The zero-order valence-corrected chi connectivity index (χ0v) is 14.8. The maximum absolute atomic E-state index is 12.6. The van der Waals surface area contributed by atoms with E-state index >= 15 is 0 Å². The van der Waals surface area contributed by atoms with Crippen LogP contribution in [-0.4, -0.2) is 24.0 Å². The molecular formula is C11H7BrClF3N2O3S2. The van der Waals surface area contributed by atoms with Gasteiger partial charge in [-0.25, -0.2) is 13.4 Å². The van der Waals surface area contributed by atoms with Gasteiger partial charge in [0, 0.05) is 11.1 Å². The molecule has 0 spiro atoms. The smallest absolute Gasteiger partial charge is 0.501 e. The van der Waals surface area contributed by atoms with Crippen LogP contribution in [0.1, 0.15) is 4.88 Å². The molecule has 5 nitrogen and oxygen atoms in total. The molecule has 1 aromatic heterocycles. The molecule has 0 bridgehead atoms. The zero-order valence-electron chi connectivity index (χ0n) is 10.9. The van der Waals surface area contributed by atoms with Crippen LogP contribution >= 0.6 is 38.9 Å². The maximum Gasteiger partial charge on any atom is 0.501 e. The van der Waals surface area contributed by atoms with E-state index in [9.17, 15) is 26.7 Å². The highest BCUT2D eigenvalue weighted by Crippen LogP contribution is 2.39. The van der Waals surface area contributed by atoms with Crippen LogP contribution in [0, 0.1) is 0 Å². The first kappa shape index (κ1) is 18.3. The maximum atomic E-state index is 12.6. The number of nitrogens with zero attached hydrogens (tertiary/aromatic N) is 1. The summed E-state index contributed by atoms with van der Waals surface area (Å²) in [5, 5.41) is 12.5. The second kappa shape index (κ2) is 6.46. The molecule has 0 unspecified atom stereocenters. The predicted molar refractivity (Wildman–Crippen MR) is 83.5 cm³/mol. The van der Waals surface area contributed by atoms with Crippen molar-refractivity contribution in [2.24, 2.45) is 0 Å². The van der Waals surface area contributed by atoms with Gasteiger partial charge in [0.05, 0.1) is 21.6 Å². The van der Waals surface area contributed by atoms with Crippen LogP contribution in [0.4, 0.5) is 18.9 Å². The molecule has 12 heteroatoms. The van der Waals surface area contributed by atoms with Crippen LogP contribution in [0.25, 0.3) is 0 Å². The molecule has 0 saturated carbocycles. The van der Waals surface area contributed by atoms with Gasteiger partial charge in [-0.2, -0.15) is 13.2 Å². The summed E-state index contributed by atoms with van der Waals surface area (Å²) in [6, 6.07) is 1.40. The first-order chi connectivity index (χ1) is 10.5. The Kier molecular flexibility index (Phi) is 5.14. The number of aromatic hydroxyl groups is 1. The normalized spacial score (nSPS) is 12.4. The van der Waals surface area contributed by atoms with E-state index in [0.29, 0.717) is 17.0 Å². The summed E-state index contributed by atoms with van der Waals surface area (Å²) in [4.78, 5) is 3.45. The summed E-state index contributed by atoms with van der Waals surface area (Å²) in [6.45, 7) is 0.0971. The lowest BCUT2D eigenvalue weighted by Crippen LogP contribution is -2.23. The number of benzene rings is 1. The molecule has 0 aliphatic heterocycles. The van der Waals surface area contributed by atoms with Gasteiger partial charge in [-0.3, -0.25) is 0 Å². The second-order valence-corrected chi connectivity index (χ2v) is 8.68. The lowest BCUT2D eigenvalue weighted by molar-refractivity contribution is -0.0436. The molecule has 0 fully saturated rings. The zero-order chi connectivity index (χ0) is 17.4. The lowest BCUT2D eigenvalue weighted by Gasteiger charge is -2.13. The van der Waals surface area contributed by atoms with Crippen LogP contribution in [-0.2, 0) is 16.4 Å². The monoisotopic (exact) mass is 450 g/mol. The fraction of sp³-hybridized carbons (Fsp3) is 0.182. The topological polar surface area (TPSA) is 79.3 Å². The highest BCUT2D eigenvalue weighted by atomic mass is 79.9. The van der Waals surface area contributed by atoms with Crippen molar-refractivity contribution in [2.75, 3.05) is 5.32 Å². The number of phenolic OH excluding ortho intramolecular Hbond substituents is 1. The van der Waals surface area contributed by atoms with Crippen molar-refractivity contribution in [3.63, 3.8) is 0 Å². The summed E-state index contributed by atoms with van der Waals surface area (Å²) in [7, 11) is -5.53. The number of alkyl halides is 3. The summed E-state index contributed by atoms with van der Waals surface area (Å²) in [6.07, 6.45) is 1.45. The van der Waals surface area contributed by atoms with Gasteiger partial charge < -0.3 is 10.4 Å². The number of halogens is 5. The molecule has 2 rings (SSSR count). The van der Waals surface area contributed by atoms with Crippen molar-refractivity contribution >= 4 is 54.4 Å². The molecule has 0 saturated heterocycles. The molecule has 0 aliphatic rings. The number of rotatable bonds is 4. The van der Waals surface area contributed by atoms with Gasteiger partial charge >= 0.3 is 5.51 Å². The molecule has 0 radical (unpaired) electrons. The summed E-state index contributed by atoms with van der Waals surface area (Å²) >= 11 is 9.62. The minimum absolute atomic E-state index is 0.0971. The van der Waals surface area contributed by atoms with Gasteiger partial charge in [-0.1, -0.05) is 11.6 Å². The predicted octanol–water partition coefficient (Wildman–Crippen LogP) is 4.17. The number of sulfone groups is 1. The first-order valence-corrected chi connectivity index (χ1v) is 9.17. The highest BCUT2D eigenvalue weighted by Gasteiger charge is 2.47. The van der Waals surface area contributed by atoms with E-state index in [1.54, 1.807) is 0 Å². The number of hydrogen-bond donors (Lipinski definition) is 2. The van der Waals surface area contributed by atoms with Crippen LogP contribution < -0.4 is 5.32 Å². The lowest BCUT2D eigenvalue weighted by atomic mass is 10.3. The van der Waals surface area contributed by atoms with Crippen LogP contribution in [0.3, 0.4) is 0 Å². The number of aromatic nitrogens is 1. The average molecular weight is 452 g/mol. The van der Waals surface area contributed by atoms with Crippen molar-refractivity contribution in [3.8, 4) is 5.75 Å². The number of nitrogens with one attached hydrogen (secondary N) is 1. The largest absolute Gasteiger partial charge is 0.505 e. The third kappa shape index (κ3) is 3.90. The number of hydrogen-bond acceptors (Lipinski definition) is 6. The van der Waals surface area contributed by atoms with Crippen molar-refractivity contribution in [1.29, 1.82) is 0 Å². The van der Waals surface area contributed by atoms with Crippen LogP contribution in [0.15, 0.2) is 27.7 Å². The van der Waals surface area contributed by atoms with Crippen molar-refractivity contribution in [2.45, 2.75) is 16.9 Å². The third-order valence-electron chi connectivity index (χ3n) is 2.63. The van der Waals surface area contributed by atoms with E-state index in [4.69, 9.17) is 11.6 Å². The molecule has 126 valence electrons. The molecule has 2 aromatic rings. The van der Waals surface area contributed by atoms with E-state index in [1.807, 2.05) is 0 Å². The Morgan fingerprint density at radius 3 is 2.57 bits per heavy atom. The fourth-order valence-corrected chi connectivity index (χ4v) is 3.89. The average Bonchev–Trinajstić information content (AvgIpc) is 2.84. The Morgan fingerprint density at radius 1 is 1.39 bits per heavy atom. The van der Waals surface area contributed by atoms with E-state index in [0.717, 1.165) is 11.3 Å². The number of anilines is 1. The first-order valence-electron chi connectivity index (χ1n) is 5.70. The minimum Gasteiger partial charge on any atom is -0.505 e. The van der Waals surface area contributed by atoms with E-state index in [-0.39, 0.29) is 21.2 Å². The van der Waals surface area contributed by atoms with Crippen molar-refractivity contribution in [3.05, 3.63) is 32.1 Å². The quantitative estimate of drug-likeness (QED) is 0.682. The Hall–Kier alpha value is -1.04. The molecule has 23 heavy (non-hydrogen) atoms. The second-order valence-electron chi connectivity index (χ2n) is 4.18. The highest BCUT2D eigenvalue weighted by molar-refractivity contribution is 9.10. The van der Waals surface area contributed by atoms with Crippen molar-refractivity contribution in [1.82, 2.24) is 4.98 Å². The summed E-state index contributed by atoms with van der Waals surface area (Å²) in [5.41, 5.74) is -5.61. The molecule has 1 aromatic carbocycles. The van der Waals surface area contributed by atoms with Gasteiger partial charge in [0.25, 0.3) is 9.84 Å². The van der Waals surface area contributed by atoms with Gasteiger partial charge in [-0.15, -0.1) is 11.3 Å². The van der Waals surface area contributed by atoms with Gasteiger partial charge in [0.1, 0.15) is 0 Å². The Labute approximate surface area is 146 Å². The number of phenols is 1. The third-order valence-corrected chi connectivity index (χ3v) is 5.82. The Balaban J connectivity index is 2.37. The van der Waals surface area contributed by atoms with Gasteiger partial charge in [0.2, 0.25) is 0 Å². The minimum atomic E-state index is -5.53. The van der Waals surface area contributed by atoms with Gasteiger partial charge in [-0.05, 0) is 28.1 Å². The molecular weight excluding hydrogens is 445 g/mol. The van der Waals surface area contributed by atoms with Crippen LogP contribution in [0.2, 0.25) is 4.47 Å². The fourth-order valence-electron chi connectivity index (χ4n) is 1.55.